The van der Waals surface area contributed by atoms with E-state index in [0.29, 0.717) is 13.2 Å². The molecule has 0 rings (SSSR count). The molecule has 0 heterocycles. The van der Waals surface area contributed by atoms with Crippen molar-refractivity contribution in [3.63, 3.8) is 0 Å². The molecule has 0 radical (unpaired) electrons. The number of unbranched alkanes of at least 4 members (excludes halogenated alkanes) is 6. The van der Waals surface area contributed by atoms with Gasteiger partial charge in [0.25, 0.3) is 0 Å². The summed E-state index contributed by atoms with van der Waals surface area (Å²) in [6.07, 6.45) is 8.63. The molecular weight excluding hydrogens is 355 g/mol. The summed E-state index contributed by atoms with van der Waals surface area (Å²) in [4.78, 5) is 0. The normalized spacial score (nSPS) is 12.2. The maximum absolute atomic E-state index is 11.6. The molecule has 0 atom stereocenters. The second-order valence-electron chi connectivity index (χ2n) is 6.03. The van der Waals surface area contributed by atoms with Crippen LogP contribution in [0, 0.1) is 0 Å². The Morgan fingerprint density at radius 2 is 1.28 bits per heavy atom. The Labute approximate surface area is 178 Å². The Morgan fingerprint density at radius 3 is 1.68 bits per heavy atom. The minimum Gasteiger partial charge on any atom is -1.00 e. The van der Waals surface area contributed by atoms with Gasteiger partial charge in [-0.3, -0.25) is 0 Å². The van der Waals surface area contributed by atoms with E-state index in [2.05, 4.69) is 18.0 Å². The quantitative estimate of drug-likeness (QED) is 0.211. The van der Waals surface area contributed by atoms with Crippen LogP contribution in [0.15, 0.2) is 0 Å². The van der Waals surface area contributed by atoms with E-state index in [0.717, 1.165) is 51.4 Å². The van der Waals surface area contributed by atoms with Gasteiger partial charge in [0, 0.05) is 0 Å². The van der Waals surface area contributed by atoms with Gasteiger partial charge in [0.2, 0.25) is 0 Å². The van der Waals surface area contributed by atoms with Crippen molar-refractivity contribution in [2.24, 2.45) is 0 Å². The van der Waals surface area contributed by atoms with Crippen molar-refractivity contribution in [1.29, 1.82) is 0 Å². The van der Waals surface area contributed by atoms with E-state index in [1.54, 1.807) is 13.8 Å². The summed E-state index contributed by atoms with van der Waals surface area (Å²) in [5, 5.41) is 0. The van der Waals surface area contributed by atoms with Crippen LogP contribution in [0.3, 0.4) is 0 Å². The van der Waals surface area contributed by atoms with Crippen LogP contribution in [0.2, 0.25) is 0 Å². The zero-order chi connectivity index (χ0) is 18.3. The van der Waals surface area contributed by atoms with E-state index in [4.69, 9.17) is 13.7 Å². The van der Waals surface area contributed by atoms with Gasteiger partial charge in [-0.25, -0.2) is 8.37 Å². The van der Waals surface area contributed by atoms with Crippen LogP contribution in [0.25, 0.3) is 0 Å². The molecule has 0 unspecified atom stereocenters. The summed E-state index contributed by atoms with van der Waals surface area (Å²) in [5.41, 5.74) is 0. The average Bonchev–Trinajstić information content (AvgIpc) is 2.53. The molecule has 0 aliphatic heterocycles. The average molecular weight is 393 g/mol. The predicted molar refractivity (Wildman–Crippen MR) is 96.2 cm³/mol. The van der Waals surface area contributed by atoms with Gasteiger partial charge in [0.1, 0.15) is 6.61 Å². The Balaban J connectivity index is -0.00000264. The van der Waals surface area contributed by atoms with Gasteiger partial charge in [-0.15, -0.1) is 0 Å². The van der Waals surface area contributed by atoms with Crippen molar-refractivity contribution >= 4 is 10.4 Å². The van der Waals surface area contributed by atoms with Crippen LogP contribution < -0.4 is 29.6 Å². The SMILES string of the molecule is CCCCCCOC(C)(COS(=O)(=O)OCC)OCCCCCC.[H-].[Na+]. The molecule has 0 aliphatic carbocycles. The minimum absolute atomic E-state index is 0. The van der Waals surface area contributed by atoms with Gasteiger partial charge in [-0.1, -0.05) is 52.4 Å². The molecule has 0 aromatic heterocycles. The third-order valence-corrected chi connectivity index (χ3v) is 4.47. The molecular formula is C17H37NaO6S. The predicted octanol–water partition coefficient (Wildman–Crippen LogP) is 1.31. The van der Waals surface area contributed by atoms with Crippen LogP contribution >= 0.6 is 0 Å². The molecule has 0 N–H and O–H groups in total. The van der Waals surface area contributed by atoms with Crippen molar-refractivity contribution in [1.82, 2.24) is 0 Å². The summed E-state index contributed by atoms with van der Waals surface area (Å²) in [7, 11) is -4.00. The molecule has 6 nitrogen and oxygen atoms in total. The first kappa shape index (κ1) is 28.0. The molecule has 25 heavy (non-hydrogen) atoms. The fourth-order valence-corrected chi connectivity index (χ4v) is 2.83. The zero-order valence-electron chi connectivity index (χ0n) is 17.8. The number of rotatable bonds is 17. The number of hydrogen-bond donors (Lipinski definition) is 0. The Hall–Kier alpha value is 0.790. The molecule has 0 aromatic carbocycles. The molecule has 8 heteroatoms. The summed E-state index contributed by atoms with van der Waals surface area (Å²) >= 11 is 0. The van der Waals surface area contributed by atoms with Gasteiger partial charge < -0.3 is 10.9 Å². The van der Waals surface area contributed by atoms with Gasteiger partial charge in [-0.2, -0.15) is 8.42 Å². The van der Waals surface area contributed by atoms with E-state index in [1.807, 2.05) is 0 Å². The van der Waals surface area contributed by atoms with Crippen LogP contribution in [0.4, 0.5) is 0 Å². The molecule has 0 saturated carbocycles. The van der Waals surface area contributed by atoms with E-state index < -0.39 is 16.2 Å². The fourth-order valence-electron chi connectivity index (χ4n) is 2.12. The topological polar surface area (TPSA) is 71.1 Å². The second-order valence-corrected chi connectivity index (χ2v) is 7.32. The van der Waals surface area contributed by atoms with Crippen molar-refractivity contribution in [2.75, 3.05) is 26.4 Å². The largest absolute Gasteiger partial charge is 1.00 e. The molecule has 0 bridgehead atoms. The monoisotopic (exact) mass is 392 g/mol. The Bertz CT molecular complexity index is 381. The summed E-state index contributed by atoms with van der Waals surface area (Å²) in [6, 6.07) is 0. The van der Waals surface area contributed by atoms with E-state index in [-0.39, 0.29) is 44.2 Å². The third kappa shape index (κ3) is 16.7. The minimum atomic E-state index is -4.00. The van der Waals surface area contributed by atoms with Gasteiger partial charge in [0.15, 0.2) is 5.79 Å². The molecule has 0 spiro atoms. The first-order chi connectivity index (χ1) is 11.4. The molecule has 0 amide bonds. The summed E-state index contributed by atoms with van der Waals surface area (Å²) in [5.74, 6) is -1.08. The smallest absolute Gasteiger partial charge is 1.00 e. The first-order valence-corrected chi connectivity index (χ1v) is 10.5. The first-order valence-electron chi connectivity index (χ1n) is 9.20. The maximum Gasteiger partial charge on any atom is 1.00 e. The van der Waals surface area contributed by atoms with E-state index in [9.17, 15) is 8.42 Å². The molecule has 0 aliphatic rings. The molecule has 0 aromatic rings. The standard InChI is InChI=1S/C17H36O6S.Na.H/c1-5-8-10-12-14-20-17(4,21-15-13-11-9-6-2)16-23-24(18,19)22-7-3;;/h5-16H2,1-4H3;;/q;+1;-1. The van der Waals surface area contributed by atoms with Crippen LogP contribution in [0.5, 0.6) is 0 Å². The molecule has 0 fully saturated rings. The summed E-state index contributed by atoms with van der Waals surface area (Å²) in [6.45, 7) is 8.47. The van der Waals surface area contributed by atoms with Crippen LogP contribution in [-0.2, 0) is 28.2 Å². The van der Waals surface area contributed by atoms with Gasteiger partial charge >= 0.3 is 40.0 Å². The van der Waals surface area contributed by atoms with Crippen LogP contribution in [-0.4, -0.2) is 40.6 Å². The van der Waals surface area contributed by atoms with Crippen molar-refractivity contribution in [3.8, 4) is 0 Å². The summed E-state index contributed by atoms with van der Waals surface area (Å²) < 4.78 is 44.2. The van der Waals surface area contributed by atoms with Gasteiger partial charge in [-0.05, 0) is 26.7 Å². The number of ether oxygens (including phenoxy) is 2. The second kappa shape index (κ2) is 16.9. The molecule has 148 valence electrons. The van der Waals surface area contributed by atoms with E-state index in [1.165, 1.54) is 0 Å². The van der Waals surface area contributed by atoms with E-state index >= 15 is 0 Å². The molecule has 0 saturated heterocycles. The third-order valence-electron chi connectivity index (χ3n) is 3.54. The van der Waals surface area contributed by atoms with Crippen LogP contribution in [0.1, 0.15) is 80.5 Å². The van der Waals surface area contributed by atoms with Crippen molar-refractivity contribution < 1.29 is 57.2 Å². The Kier molecular flexibility index (Phi) is 19.0. The van der Waals surface area contributed by atoms with Crippen molar-refractivity contribution in [3.05, 3.63) is 0 Å². The number of hydrogen-bond acceptors (Lipinski definition) is 6. The van der Waals surface area contributed by atoms with Crippen molar-refractivity contribution in [2.45, 2.75) is 84.8 Å². The fraction of sp³-hybridized carbons (Fsp3) is 1.00. The van der Waals surface area contributed by atoms with Gasteiger partial charge in [0.05, 0.1) is 19.8 Å². The Morgan fingerprint density at radius 1 is 0.800 bits per heavy atom. The maximum atomic E-state index is 11.6. The zero-order valence-corrected chi connectivity index (χ0v) is 19.7.